The van der Waals surface area contributed by atoms with Crippen LogP contribution in [-0.2, 0) is 21.9 Å². The molecule has 2 aromatic rings. The molecule has 1 N–H and O–H groups in total. The van der Waals surface area contributed by atoms with Crippen molar-refractivity contribution < 1.29 is 14.3 Å². The quantitative estimate of drug-likeness (QED) is 0.450. The zero-order valence-electron chi connectivity index (χ0n) is 18.9. The largest absolute Gasteiger partial charge is 0.497 e. The van der Waals surface area contributed by atoms with Crippen molar-refractivity contribution in [3.8, 4) is 5.75 Å². The maximum absolute atomic E-state index is 13.2. The molecule has 0 aliphatic heterocycles. The molecule has 2 amide bonds. The number of halogens is 2. The fraction of sp³-hybridized carbons (Fsp3) is 0.417. The number of carbonyl (C=O) groups is 2. The molecule has 0 fully saturated rings. The Morgan fingerprint density at radius 1 is 1.09 bits per heavy atom. The summed E-state index contributed by atoms with van der Waals surface area (Å²) in [5.41, 5.74) is 1.69. The Hall–Kier alpha value is -1.89. The van der Waals surface area contributed by atoms with Gasteiger partial charge in [0.25, 0.3) is 0 Å². The maximum atomic E-state index is 13.2. The molecule has 0 aliphatic rings. The molecule has 0 aromatic heterocycles. The molecule has 0 bridgehead atoms. The lowest BCUT2D eigenvalue weighted by Crippen LogP contribution is -2.48. The summed E-state index contributed by atoms with van der Waals surface area (Å²) < 4.78 is 5.29. The summed E-state index contributed by atoms with van der Waals surface area (Å²) in [5, 5.41) is 4.08. The number of hydrogen-bond donors (Lipinski definition) is 1. The minimum Gasteiger partial charge on any atom is -0.497 e. The lowest BCUT2D eigenvalue weighted by Gasteiger charge is -2.29. The van der Waals surface area contributed by atoms with Gasteiger partial charge in [-0.3, -0.25) is 9.59 Å². The van der Waals surface area contributed by atoms with Crippen molar-refractivity contribution in [2.75, 3.05) is 19.4 Å². The van der Waals surface area contributed by atoms with E-state index < -0.39 is 6.04 Å². The van der Waals surface area contributed by atoms with Gasteiger partial charge in [0.2, 0.25) is 11.8 Å². The number of nitrogens with zero attached hydrogens (tertiary/aromatic N) is 1. The van der Waals surface area contributed by atoms with Crippen LogP contribution >= 0.6 is 35.0 Å². The van der Waals surface area contributed by atoms with Gasteiger partial charge in [0.05, 0.1) is 12.9 Å². The van der Waals surface area contributed by atoms with E-state index in [1.165, 1.54) is 11.8 Å². The van der Waals surface area contributed by atoms with Crippen LogP contribution in [0.5, 0.6) is 5.75 Å². The fourth-order valence-corrected chi connectivity index (χ4v) is 4.64. The Balaban J connectivity index is 2.12. The average Bonchev–Trinajstić information content (AvgIpc) is 2.77. The van der Waals surface area contributed by atoms with Gasteiger partial charge in [-0.05, 0) is 48.2 Å². The molecule has 2 rings (SSSR count). The Morgan fingerprint density at radius 3 is 2.38 bits per heavy atom. The summed E-state index contributed by atoms with van der Waals surface area (Å²) in [6, 6.07) is 12.2. The first-order chi connectivity index (χ1) is 15.2. The molecule has 0 heterocycles. The minimum absolute atomic E-state index is 0.131. The monoisotopic (exact) mass is 496 g/mol. The van der Waals surface area contributed by atoms with Crippen molar-refractivity contribution in [1.29, 1.82) is 0 Å². The minimum atomic E-state index is -0.614. The number of rotatable bonds is 11. The number of ether oxygens (including phenoxy) is 1. The summed E-state index contributed by atoms with van der Waals surface area (Å²) in [6.45, 7) is 6.67. The number of amides is 2. The van der Waals surface area contributed by atoms with Gasteiger partial charge in [0, 0.05) is 28.9 Å². The van der Waals surface area contributed by atoms with E-state index in [2.05, 4.69) is 5.32 Å². The molecule has 0 aliphatic carbocycles. The Labute approximate surface area is 204 Å². The van der Waals surface area contributed by atoms with E-state index in [0.29, 0.717) is 40.6 Å². The van der Waals surface area contributed by atoms with E-state index >= 15 is 0 Å². The van der Waals surface area contributed by atoms with Crippen molar-refractivity contribution in [1.82, 2.24) is 10.2 Å². The smallest absolute Gasteiger partial charge is 0.242 e. The third-order valence-electron chi connectivity index (χ3n) is 4.87. The van der Waals surface area contributed by atoms with Gasteiger partial charge in [0.15, 0.2) is 0 Å². The molecule has 0 saturated heterocycles. The second kappa shape index (κ2) is 13.0. The highest BCUT2D eigenvalue weighted by Gasteiger charge is 2.26. The molecular formula is C24H30Cl2N2O3S. The van der Waals surface area contributed by atoms with E-state index in [4.69, 9.17) is 27.9 Å². The lowest BCUT2D eigenvalue weighted by atomic mass is 10.1. The van der Waals surface area contributed by atoms with Gasteiger partial charge in [-0.15, -0.1) is 11.8 Å². The molecule has 0 saturated carbocycles. The van der Waals surface area contributed by atoms with Crippen LogP contribution in [0.1, 0.15) is 31.9 Å². The van der Waals surface area contributed by atoms with Crippen molar-refractivity contribution in [2.45, 2.75) is 39.1 Å². The SMILES string of the molecule is COc1cccc(CN(C(=O)CSCc2c(Cl)cccc2Cl)[C@@H](C)C(=O)NCC(C)C)c1. The van der Waals surface area contributed by atoms with Crippen LogP contribution in [-0.4, -0.2) is 42.2 Å². The van der Waals surface area contributed by atoms with Crippen LogP contribution in [0.3, 0.4) is 0 Å². The number of hydrogen-bond acceptors (Lipinski definition) is 4. The molecule has 0 radical (unpaired) electrons. The first-order valence-corrected chi connectivity index (χ1v) is 12.3. The zero-order chi connectivity index (χ0) is 23.7. The standard InChI is InChI=1S/C24H30Cl2N2O3S/c1-16(2)12-27-24(30)17(3)28(13-18-7-5-8-19(11-18)31-4)23(29)15-32-14-20-21(25)9-6-10-22(20)26/h5-11,16-17H,12-15H2,1-4H3,(H,27,30)/t17-/m0/s1. The van der Waals surface area contributed by atoms with Crippen LogP contribution in [0.25, 0.3) is 0 Å². The summed E-state index contributed by atoms with van der Waals surface area (Å²) in [4.78, 5) is 27.5. The average molecular weight is 497 g/mol. The topological polar surface area (TPSA) is 58.6 Å². The molecule has 174 valence electrons. The van der Waals surface area contributed by atoms with Crippen molar-refractivity contribution in [3.63, 3.8) is 0 Å². The van der Waals surface area contributed by atoms with Gasteiger partial charge in [-0.1, -0.05) is 55.2 Å². The van der Waals surface area contributed by atoms with E-state index in [1.54, 1.807) is 37.1 Å². The highest BCUT2D eigenvalue weighted by Crippen LogP contribution is 2.28. The second-order valence-electron chi connectivity index (χ2n) is 7.88. The molecule has 2 aromatic carbocycles. The molecule has 1 atom stereocenters. The van der Waals surface area contributed by atoms with Gasteiger partial charge in [0.1, 0.15) is 11.8 Å². The predicted octanol–water partition coefficient (Wildman–Crippen LogP) is 5.42. The molecule has 5 nitrogen and oxygen atoms in total. The van der Waals surface area contributed by atoms with Crippen molar-refractivity contribution in [2.24, 2.45) is 5.92 Å². The second-order valence-corrected chi connectivity index (χ2v) is 9.68. The van der Waals surface area contributed by atoms with Crippen LogP contribution in [0, 0.1) is 5.92 Å². The number of thioether (sulfide) groups is 1. The van der Waals surface area contributed by atoms with Crippen molar-refractivity contribution >= 4 is 46.8 Å². The third-order valence-corrected chi connectivity index (χ3v) is 6.52. The summed E-state index contributed by atoms with van der Waals surface area (Å²) in [7, 11) is 1.60. The first-order valence-electron chi connectivity index (χ1n) is 10.4. The number of nitrogens with one attached hydrogen (secondary N) is 1. The number of methoxy groups -OCH3 is 1. The van der Waals surface area contributed by atoms with Gasteiger partial charge in [-0.25, -0.2) is 0 Å². The van der Waals surface area contributed by atoms with Crippen molar-refractivity contribution in [3.05, 3.63) is 63.6 Å². The lowest BCUT2D eigenvalue weighted by molar-refractivity contribution is -0.138. The molecule has 8 heteroatoms. The molecule has 0 spiro atoms. The van der Waals surface area contributed by atoms with Gasteiger partial charge >= 0.3 is 0 Å². The van der Waals surface area contributed by atoms with E-state index in [-0.39, 0.29) is 17.6 Å². The van der Waals surface area contributed by atoms with Crippen LogP contribution in [0.15, 0.2) is 42.5 Å². The number of carbonyl (C=O) groups excluding carboxylic acids is 2. The normalized spacial score (nSPS) is 11.8. The van der Waals surface area contributed by atoms with Crippen LogP contribution in [0.2, 0.25) is 10.0 Å². The molecule has 32 heavy (non-hydrogen) atoms. The maximum Gasteiger partial charge on any atom is 0.242 e. The first kappa shape index (κ1) is 26.4. The summed E-state index contributed by atoms with van der Waals surface area (Å²) in [5.74, 6) is 1.43. The van der Waals surface area contributed by atoms with E-state index in [0.717, 1.165) is 11.1 Å². The summed E-state index contributed by atoms with van der Waals surface area (Å²) >= 11 is 13.9. The Kier molecular flexibility index (Phi) is 10.7. The van der Waals surface area contributed by atoms with Gasteiger partial charge in [-0.2, -0.15) is 0 Å². The molecular weight excluding hydrogens is 467 g/mol. The van der Waals surface area contributed by atoms with E-state index in [1.807, 2.05) is 38.1 Å². The Bertz CT molecular complexity index is 904. The van der Waals surface area contributed by atoms with Crippen LogP contribution in [0.4, 0.5) is 0 Å². The van der Waals surface area contributed by atoms with Crippen LogP contribution < -0.4 is 10.1 Å². The van der Waals surface area contributed by atoms with Gasteiger partial charge < -0.3 is 15.0 Å². The Morgan fingerprint density at radius 2 is 1.75 bits per heavy atom. The third kappa shape index (κ3) is 7.91. The predicted molar refractivity (Wildman–Crippen MR) is 133 cm³/mol. The fourth-order valence-electron chi connectivity index (χ4n) is 3.00. The zero-order valence-corrected chi connectivity index (χ0v) is 21.2. The highest BCUT2D eigenvalue weighted by molar-refractivity contribution is 7.99. The highest BCUT2D eigenvalue weighted by atomic mass is 35.5. The van der Waals surface area contributed by atoms with E-state index in [9.17, 15) is 9.59 Å². The molecule has 0 unspecified atom stereocenters. The number of benzene rings is 2. The summed E-state index contributed by atoms with van der Waals surface area (Å²) in [6.07, 6.45) is 0.